The molecule has 0 radical (unpaired) electrons. The number of primary sulfonamides is 1. The molecule has 19 heavy (non-hydrogen) atoms. The molecule has 1 aromatic carbocycles. The first kappa shape index (κ1) is 15.9. The van der Waals surface area contributed by atoms with Crippen LogP contribution in [0.4, 0.5) is 0 Å². The van der Waals surface area contributed by atoms with Gasteiger partial charge in [-0.25, -0.2) is 13.6 Å². The Kier molecular flexibility index (Phi) is 4.95. The number of hydrogen-bond acceptors (Lipinski definition) is 3. The lowest BCUT2D eigenvalue weighted by atomic mass is 10.1. The minimum Gasteiger partial charge on any atom is -0.341 e. The summed E-state index contributed by atoms with van der Waals surface area (Å²) >= 11 is 5.94. The first-order valence-electron chi connectivity index (χ1n) is 5.71. The Hall–Kier alpha value is -1.11. The first-order chi connectivity index (χ1) is 8.64. The molecule has 106 valence electrons. The van der Waals surface area contributed by atoms with Gasteiger partial charge in [0, 0.05) is 13.6 Å². The van der Waals surface area contributed by atoms with Gasteiger partial charge in [0.2, 0.25) is 10.0 Å². The van der Waals surface area contributed by atoms with Crippen molar-refractivity contribution in [3.63, 3.8) is 0 Å². The summed E-state index contributed by atoms with van der Waals surface area (Å²) in [7, 11) is -2.40. The molecule has 0 aliphatic carbocycles. The number of halogens is 1. The Morgan fingerprint density at radius 1 is 1.42 bits per heavy atom. The highest BCUT2D eigenvalue weighted by molar-refractivity contribution is 7.89. The van der Waals surface area contributed by atoms with E-state index in [1.165, 1.54) is 23.1 Å². The van der Waals surface area contributed by atoms with Crippen LogP contribution in [0, 0.1) is 5.92 Å². The summed E-state index contributed by atoms with van der Waals surface area (Å²) in [5.41, 5.74) is -0.0742. The number of carbonyl (C=O) groups excluding carboxylic acids is 1. The van der Waals surface area contributed by atoms with Crippen LogP contribution in [0.3, 0.4) is 0 Å². The van der Waals surface area contributed by atoms with Crippen molar-refractivity contribution in [3.05, 3.63) is 28.8 Å². The topological polar surface area (TPSA) is 80.5 Å². The van der Waals surface area contributed by atoms with E-state index < -0.39 is 15.9 Å². The van der Waals surface area contributed by atoms with Crippen LogP contribution in [-0.2, 0) is 10.0 Å². The van der Waals surface area contributed by atoms with Crippen LogP contribution in [0.15, 0.2) is 23.1 Å². The van der Waals surface area contributed by atoms with Gasteiger partial charge in [0.1, 0.15) is 0 Å². The minimum absolute atomic E-state index is 0.0742. The number of benzene rings is 1. The lowest BCUT2D eigenvalue weighted by molar-refractivity contribution is 0.0775. The van der Waals surface area contributed by atoms with E-state index >= 15 is 0 Å². The van der Waals surface area contributed by atoms with Crippen molar-refractivity contribution in [1.29, 1.82) is 0 Å². The molecule has 0 aliphatic heterocycles. The quantitative estimate of drug-likeness (QED) is 0.919. The molecule has 2 N–H and O–H groups in total. The molecule has 0 spiro atoms. The largest absolute Gasteiger partial charge is 0.341 e. The van der Waals surface area contributed by atoms with E-state index in [-0.39, 0.29) is 21.4 Å². The lowest BCUT2D eigenvalue weighted by Gasteiger charge is -2.21. The van der Waals surface area contributed by atoms with Crippen molar-refractivity contribution in [3.8, 4) is 0 Å². The molecule has 0 fully saturated rings. The highest BCUT2D eigenvalue weighted by atomic mass is 35.5. The van der Waals surface area contributed by atoms with Gasteiger partial charge in [-0.15, -0.1) is 0 Å². The molecule has 0 aliphatic rings. The monoisotopic (exact) mass is 304 g/mol. The number of hydrogen-bond donors (Lipinski definition) is 1. The lowest BCUT2D eigenvalue weighted by Crippen LogP contribution is -2.32. The van der Waals surface area contributed by atoms with E-state index in [0.29, 0.717) is 6.54 Å². The zero-order valence-electron chi connectivity index (χ0n) is 11.1. The SMILES string of the molecule is CC(C)CN(C)C(=O)c1c(Cl)cccc1S(N)(=O)=O. The summed E-state index contributed by atoms with van der Waals surface area (Å²) in [6.45, 7) is 4.40. The minimum atomic E-state index is -3.99. The molecule has 1 amide bonds. The van der Waals surface area contributed by atoms with Crippen LogP contribution in [0.5, 0.6) is 0 Å². The molecule has 7 heteroatoms. The van der Waals surface area contributed by atoms with Gasteiger partial charge in [0.15, 0.2) is 0 Å². The summed E-state index contributed by atoms with van der Waals surface area (Å²) in [5.74, 6) is -0.197. The fourth-order valence-electron chi connectivity index (χ4n) is 1.77. The summed E-state index contributed by atoms with van der Waals surface area (Å²) in [6.07, 6.45) is 0. The Morgan fingerprint density at radius 3 is 2.47 bits per heavy atom. The van der Waals surface area contributed by atoms with Gasteiger partial charge in [0.25, 0.3) is 5.91 Å². The van der Waals surface area contributed by atoms with E-state index in [9.17, 15) is 13.2 Å². The number of rotatable bonds is 4. The van der Waals surface area contributed by atoms with Gasteiger partial charge in [-0.05, 0) is 18.1 Å². The van der Waals surface area contributed by atoms with Crippen LogP contribution in [0.25, 0.3) is 0 Å². The summed E-state index contributed by atoms with van der Waals surface area (Å²) in [5, 5.41) is 5.18. The third-order valence-electron chi connectivity index (χ3n) is 2.48. The van der Waals surface area contributed by atoms with Crippen molar-refractivity contribution in [2.24, 2.45) is 11.1 Å². The maximum absolute atomic E-state index is 12.3. The van der Waals surface area contributed by atoms with Crippen LogP contribution in [0.2, 0.25) is 5.02 Å². The number of amides is 1. The molecule has 0 atom stereocenters. The Bertz CT molecular complexity index is 585. The summed E-state index contributed by atoms with van der Waals surface area (Å²) in [4.78, 5) is 13.5. The summed E-state index contributed by atoms with van der Waals surface area (Å²) < 4.78 is 23.0. The van der Waals surface area contributed by atoms with Crippen LogP contribution in [-0.4, -0.2) is 32.8 Å². The molecule has 0 unspecified atom stereocenters. The molecule has 5 nitrogen and oxygen atoms in total. The zero-order chi connectivity index (χ0) is 14.8. The second-order valence-electron chi connectivity index (χ2n) is 4.74. The average Bonchev–Trinajstić information content (AvgIpc) is 2.25. The number of nitrogens with zero attached hydrogens (tertiary/aromatic N) is 1. The molecule has 0 saturated heterocycles. The standard InChI is InChI=1S/C12H17ClN2O3S/c1-8(2)7-15(3)12(16)11-9(13)5-4-6-10(11)19(14,17)18/h4-6,8H,7H2,1-3H3,(H2,14,17,18). The van der Waals surface area contributed by atoms with Crippen molar-refractivity contribution in [1.82, 2.24) is 4.90 Å². The van der Waals surface area contributed by atoms with E-state index in [1.54, 1.807) is 7.05 Å². The Morgan fingerprint density at radius 2 is 2.00 bits per heavy atom. The fraction of sp³-hybridized carbons (Fsp3) is 0.417. The smallest absolute Gasteiger partial charge is 0.256 e. The van der Waals surface area contributed by atoms with Gasteiger partial charge in [-0.1, -0.05) is 31.5 Å². The molecule has 0 bridgehead atoms. The second-order valence-corrected chi connectivity index (χ2v) is 6.67. The maximum atomic E-state index is 12.3. The molecule has 0 heterocycles. The van der Waals surface area contributed by atoms with Crippen molar-refractivity contribution >= 4 is 27.5 Å². The highest BCUT2D eigenvalue weighted by Gasteiger charge is 2.24. The predicted octanol–water partition coefficient (Wildman–Crippen LogP) is 1.72. The number of nitrogens with two attached hydrogens (primary N) is 1. The van der Waals surface area contributed by atoms with Gasteiger partial charge in [0.05, 0.1) is 15.5 Å². The molecule has 0 aromatic heterocycles. The first-order valence-corrected chi connectivity index (χ1v) is 7.63. The third kappa shape index (κ3) is 3.92. The second kappa shape index (κ2) is 5.90. The van der Waals surface area contributed by atoms with E-state index in [4.69, 9.17) is 16.7 Å². The van der Waals surface area contributed by atoms with Crippen molar-refractivity contribution in [2.45, 2.75) is 18.7 Å². The molecule has 1 rings (SSSR count). The van der Waals surface area contributed by atoms with Crippen LogP contribution < -0.4 is 5.14 Å². The average molecular weight is 305 g/mol. The van der Waals surface area contributed by atoms with Crippen molar-refractivity contribution in [2.75, 3.05) is 13.6 Å². The van der Waals surface area contributed by atoms with Crippen LogP contribution >= 0.6 is 11.6 Å². The van der Waals surface area contributed by atoms with Gasteiger partial charge in [-0.3, -0.25) is 4.79 Å². The van der Waals surface area contributed by atoms with Crippen LogP contribution in [0.1, 0.15) is 24.2 Å². The number of carbonyl (C=O) groups is 1. The highest BCUT2D eigenvalue weighted by Crippen LogP contribution is 2.24. The number of sulfonamides is 1. The van der Waals surface area contributed by atoms with E-state index in [0.717, 1.165) is 0 Å². The Balaban J connectivity index is 3.30. The van der Waals surface area contributed by atoms with Gasteiger partial charge in [-0.2, -0.15) is 0 Å². The predicted molar refractivity (Wildman–Crippen MR) is 74.6 cm³/mol. The maximum Gasteiger partial charge on any atom is 0.256 e. The normalized spacial score (nSPS) is 11.7. The third-order valence-corrected chi connectivity index (χ3v) is 3.75. The fourth-order valence-corrected chi connectivity index (χ4v) is 2.83. The molecular weight excluding hydrogens is 288 g/mol. The zero-order valence-corrected chi connectivity index (χ0v) is 12.6. The molecule has 0 saturated carbocycles. The van der Waals surface area contributed by atoms with Gasteiger partial charge < -0.3 is 4.90 Å². The van der Waals surface area contributed by atoms with Crippen molar-refractivity contribution < 1.29 is 13.2 Å². The molecule has 1 aromatic rings. The summed E-state index contributed by atoms with van der Waals surface area (Å²) in [6, 6.07) is 4.19. The van der Waals surface area contributed by atoms with E-state index in [1.807, 2.05) is 13.8 Å². The van der Waals surface area contributed by atoms with E-state index in [2.05, 4.69) is 0 Å². The Labute approximate surface area is 118 Å². The molecular formula is C12H17ClN2O3S. The van der Waals surface area contributed by atoms with Gasteiger partial charge >= 0.3 is 0 Å².